The Morgan fingerprint density at radius 1 is 0.812 bits per heavy atom. The van der Waals surface area contributed by atoms with E-state index in [2.05, 4.69) is 77.8 Å². The van der Waals surface area contributed by atoms with E-state index < -0.39 is 13.0 Å². The summed E-state index contributed by atoms with van der Waals surface area (Å²) in [6.07, 6.45) is 6.54. The zero-order valence-electron chi connectivity index (χ0n) is 17.7. The summed E-state index contributed by atoms with van der Waals surface area (Å²) in [7, 11) is -1.05. The van der Waals surface area contributed by atoms with E-state index in [0.29, 0.717) is 0 Å². The quantitative estimate of drug-likeness (QED) is 0.240. The number of ether oxygens (including phenoxy) is 1. The molecule has 5 heteroatoms. The highest BCUT2D eigenvalue weighted by molar-refractivity contribution is 7.87. The van der Waals surface area contributed by atoms with Gasteiger partial charge in [0.1, 0.15) is 0 Å². The maximum Gasteiger partial charge on any atom is 0.330 e. The Morgan fingerprint density at radius 3 is 1.78 bits per heavy atom. The number of pyridine rings is 1. The summed E-state index contributed by atoms with van der Waals surface area (Å²) in [5.74, 6) is -0.421. The Labute approximate surface area is 188 Å². The van der Waals surface area contributed by atoms with Gasteiger partial charge in [0.2, 0.25) is 0 Å². The molecule has 4 nitrogen and oxygen atoms in total. The molecule has 0 bridgehead atoms. The van der Waals surface area contributed by atoms with Crippen LogP contribution in [0.4, 0.5) is 5.69 Å². The number of carbonyl (C=O) groups is 1. The van der Waals surface area contributed by atoms with Crippen molar-refractivity contribution in [2.45, 2.75) is 0 Å². The number of hydrogen-bond acceptors (Lipinski definition) is 4. The van der Waals surface area contributed by atoms with E-state index in [1.807, 2.05) is 24.3 Å². The minimum Gasteiger partial charge on any atom is -0.466 e. The average molecular weight is 438 g/mol. The van der Waals surface area contributed by atoms with E-state index in [0.717, 1.165) is 27.2 Å². The minimum atomic E-state index is -2.41. The zero-order chi connectivity index (χ0) is 22.2. The molecule has 0 unspecified atom stereocenters. The molecule has 0 saturated heterocycles. The molecule has 1 aromatic heterocycles. The molecule has 4 aromatic rings. The van der Waals surface area contributed by atoms with E-state index in [4.69, 9.17) is 9.48 Å². The topological polar surface area (TPSA) is 51.5 Å². The van der Waals surface area contributed by atoms with Gasteiger partial charge in [-0.1, -0.05) is 91.0 Å². The number of esters is 1. The Bertz CT molecular complexity index is 1170. The molecule has 0 saturated carbocycles. The van der Waals surface area contributed by atoms with Crippen LogP contribution in [-0.4, -0.2) is 18.1 Å². The number of aromatic nitrogens is 1. The van der Waals surface area contributed by atoms with Crippen LogP contribution in [0.2, 0.25) is 0 Å². The van der Waals surface area contributed by atoms with Crippen LogP contribution in [0.1, 0.15) is 5.56 Å². The van der Waals surface area contributed by atoms with Gasteiger partial charge >= 0.3 is 5.97 Å². The molecule has 0 radical (unpaired) electrons. The molecule has 0 amide bonds. The van der Waals surface area contributed by atoms with Crippen molar-refractivity contribution >= 4 is 40.7 Å². The lowest BCUT2D eigenvalue weighted by Gasteiger charge is -2.27. The molecule has 0 aliphatic rings. The van der Waals surface area contributed by atoms with Gasteiger partial charge in [0.05, 0.1) is 19.9 Å². The molecular formula is C27H23N2O2P. The second-order valence-corrected chi connectivity index (χ2v) is 10.1. The van der Waals surface area contributed by atoms with Crippen molar-refractivity contribution in [2.24, 2.45) is 4.74 Å². The maximum absolute atomic E-state index is 11.7. The maximum atomic E-state index is 11.7. The molecule has 158 valence electrons. The van der Waals surface area contributed by atoms with Crippen molar-refractivity contribution in [3.8, 4) is 0 Å². The van der Waals surface area contributed by atoms with Crippen LogP contribution in [0.15, 0.2) is 120 Å². The van der Waals surface area contributed by atoms with E-state index >= 15 is 0 Å². The third kappa shape index (κ3) is 4.46. The van der Waals surface area contributed by atoms with Crippen LogP contribution in [0.3, 0.4) is 0 Å². The Balaban J connectivity index is 2.07. The summed E-state index contributed by atoms with van der Waals surface area (Å²) in [5.41, 5.74) is 1.52. The fraction of sp³-hybridized carbons (Fsp3) is 0.0370. The molecule has 0 aliphatic carbocycles. The molecule has 0 N–H and O–H groups in total. The minimum absolute atomic E-state index is 0.421. The second kappa shape index (κ2) is 10.0. The smallest absolute Gasteiger partial charge is 0.330 e. The van der Waals surface area contributed by atoms with E-state index in [9.17, 15) is 4.79 Å². The van der Waals surface area contributed by atoms with Crippen molar-refractivity contribution in [2.75, 3.05) is 7.11 Å². The van der Waals surface area contributed by atoms with Crippen molar-refractivity contribution in [1.82, 2.24) is 4.98 Å². The molecule has 3 aromatic carbocycles. The van der Waals surface area contributed by atoms with Crippen molar-refractivity contribution < 1.29 is 9.53 Å². The fourth-order valence-corrected chi connectivity index (χ4v) is 7.11. The third-order valence-corrected chi connectivity index (χ3v) is 8.73. The first-order chi connectivity index (χ1) is 15.7. The van der Waals surface area contributed by atoms with Crippen LogP contribution in [0.5, 0.6) is 0 Å². The lowest BCUT2D eigenvalue weighted by atomic mass is 10.2. The van der Waals surface area contributed by atoms with Crippen LogP contribution < -0.4 is 15.9 Å². The Morgan fingerprint density at radius 2 is 1.31 bits per heavy atom. The molecular weight excluding hydrogens is 415 g/mol. The van der Waals surface area contributed by atoms with Crippen LogP contribution >= 0.6 is 7.05 Å². The molecule has 0 aliphatic heterocycles. The van der Waals surface area contributed by atoms with Gasteiger partial charge in [-0.25, -0.2) is 4.79 Å². The number of nitrogens with zero attached hydrogens (tertiary/aromatic N) is 2. The molecule has 0 atom stereocenters. The van der Waals surface area contributed by atoms with Crippen LogP contribution in [-0.2, 0) is 9.53 Å². The van der Waals surface area contributed by atoms with Gasteiger partial charge in [0.25, 0.3) is 0 Å². The number of carbonyl (C=O) groups excluding carboxylic acids is 1. The fourth-order valence-electron chi connectivity index (χ4n) is 3.56. The largest absolute Gasteiger partial charge is 0.466 e. The van der Waals surface area contributed by atoms with E-state index in [1.165, 1.54) is 13.2 Å². The summed E-state index contributed by atoms with van der Waals surface area (Å²) in [6.45, 7) is 0. The van der Waals surface area contributed by atoms with Gasteiger partial charge in [0.15, 0.2) is 0 Å². The summed E-state index contributed by atoms with van der Waals surface area (Å²) >= 11 is 0. The molecule has 0 fully saturated rings. The van der Waals surface area contributed by atoms with E-state index in [1.54, 1.807) is 18.5 Å². The summed E-state index contributed by atoms with van der Waals surface area (Å²) in [6, 6.07) is 33.1. The molecule has 32 heavy (non-hydrogen) atoms. The van der Waals surface area contributed by atoms with Crippen LogP contribution in [0.25, 0.3) is 6.08 Å². The number of benzene rings is 3. The van der Waals surface area contributed by atoms with Gasteiger partial charge in [-0.05, 0) is 12.1 Å². The van der Waals surface area contributed by atoms with Gasteiger partial charge in [0, 0.05) is 39.9 Å². The summed E-state index contributed by atoms with van der Waals surface area (Å²) < 4.78 is 10.2. The summed E-state index contributed by atoms with van der Waals surface area (Å²) in [5, 5.41) is 3.45. The average Bonchev–Trinajstić information content (AvgIpc) is 2.88. The van der Waals surface area contributed by atoms with Gasteiger partial charge in [-0.2, -0.15) is 0 Å². The van der Waals surface area contributed by atoms with Crippen molar-refractivity contribution in [1.29, 1.82) is 0 Å². The number of hydrogen-bond donors (Lipinski definition) is 0. The lowest BCUT2D eigenvalue weighted by Crippen LogP contribution is -2.25. The molecule has 4 rings (SSSR count). The monoisotopic (exact) mass is 438 g/mol. The van der Waals surface area contributed by atoms with Crippen molar-refractivity contribution in [3.05, 3.63) is 121 Å². The number of rotatable bonds is 6. The highest BCUT2D eigenvalue weighted by Gasteiger charge is 2.27. The zero-order valence-corrected chi connectivity index (χ0v) is 18.6. The van der Waals surface area contributed by atoms with Gasteiger partial charge < -0.3 is 4.74 Å². The predicted octanol–water partition coefficient (Wildman–Crippen LogP) is 5.08. The predicted molar refractivity (Wildman–Crippen MR) is 133 cm³/mol. The normalized spacial score (nSPS) is 11.3. The summed E-state index contributed by atoms with van der Waals surface area (Å²) in [4.78, 5) is 15.9. The first-order valence-electron chi connectivity index (χ1n) is 10.2. The van der Waals surface area contributed by atoms with E-state index in [-0.39, 0.29) is 0 Å². The van der Waals surface area contributed by atoms with Crippen LogP contribution in [0, 0.1) is 0 Å². The highest BCUT2D eigenvalue weighted by atomic mass is 31.2. The van der Waals surface area contributed by atoms with Gasteiger partial charge in [-0.15, -0.1) is 0 Å². The Hall–Kier alpha value is -3.75. The SMILES string of the molecule is COC(=O)C=Cc1cnccc1N=P(c1ccccc1)(c1ccccc1)c1ccccc1. The third-order valence-electron chi connectivity index (χ3n) is 5.08. The molecule has 0 spiro atoms. The first kappa shape index (κ1) is 21.5. The second-order valence-electron chi connectivity index (χ2n) is 7.03. The van der Waals surface area contributed by atoms with Gasteiger partial charge in [-0.3, -0.25) is 9.73 Å². The lowest BCUT2D eigenvalue weighted by molar-refractivity contribution is -0.134. The first-order valence-corrected chi connectivity index (χ1v) is 12.0. The highest BCUT2D eigenvalue weighted by Crippen LogP contribution is 2.49. The van der Waals surface area contributed by atoms with Crippen molar-refractivity contribution in [3.63, 3.8) is 0 Å². The molecule has 1 heterocycles. The number of methoxy groups -OCH3 is 1. The Kier molecular flexibility index (Phi) is 6.74. The standard InChI is InChI=1S/C27H23N2O2P/c1-31-27(30)18-17-22-21-28-20-19-26(22)29-32(23-11-5-2-6-12-23,24-13-7-3-8-14-24)25-15-9-4-10-16-25/h2-21H,1H3.